The molecule has 2 aliphatic heterocycles. The van der Waals surface area contributed by atoms with Gasteiger partial charge in [0.1, 0.15) is 6.04 Å². The first-order valence-electron chi connectivity index (χ1n) is 11.6. The molecule has 0 N–H and O–H groups in total. The van der Waals surface area contributed by atoms with Gasteiger partial charge >= 0.3 is 0 Å². The van der Waals surface area contributed by atoms with Crippen LogP contribution in [0.4, 0.5) is 5.69 Å². The molecule has 1 unspecified atom stereocenters. The Balaban J connectivity index is 1.57. The van der Waals surface area contributed by atoms with Gasteiger partial charge in [-0.15, -0.1) is 0 Å². The minimum Gasteiger partial charge on any atom is -0.379 e. The molecule has 1 aromatic rings. The van der Waals surface area contributed by atoms with Crippen LogP contribution in [0.3, 0.4) is 0 Å². The van der Waals surface area contributed by atoms with Crippen LogP contribution in [0.1, 0.15) is 39.7 Å². The molecule has 0 bridgehead atoms. The Morgan fingerprint density at radius 2 is 1.73 bits per heavy atom. The zero-order valence-electron chi connectivity index (χ0n) is 19.8. The highest BCUT2D eigenvalue weighted by molar-refractivity contribution is 6.23. The standard InChI is InChI=1S/C25H32N4O4/c1-24(2)21(25(24,3)4)23(32)28(10-9-27-11-13-33-14-12-27)19-15-20(30)29(22(19)31)18-7-5-17(16-26)6-8-18/h5-8,19,21H,9-15H2,1-4H3. The van der Waals surface area contributed by atoms with Gasteiger partial charge in [-0.1, -0.05) is 27.7 Å². The van der Waals surface area contributed by atoms with E-state index >= 15 is 0 Å². The fourth-order valence-electron chi connectivity index (χ4n) is 5.29. The summed E-state index contributed by atoms with van der Waals surface area (Å²) in [6, 6.07) is 7.59. The number of amides is 3. The van der Waals surface area contributed by atoms with Crippen LogP contribution in [-0.4, -0.2) is 73.0 Å². The van der Waals surface area contributed by atoms with E-state index in [1.54, 1.807) is 29.2 Å². The van der Waals surface area contributed by atoms with Gasteiger partial charge in [0.05, 0.1) is 37.0 Å². The number of carbonyl (C=O) groups excluding carboxylic acids is 3. The molecule has 176 valence electrons. The third kappa shape index (κ3) is 4.04. The van der Waals surface area contributed by atoms with Gasteiger partial charge in [0, 0.05) is 32.1 Å². The van der Waals surface area contributed by atoms with Crippen molar-refractivity contribution in [1.82, 2.24) is 9.80 Å². The topological polar surface area (TPSA) is 93.9 Å². The molecule has 3 aliphatic rings. The van der Waals surface area contributed by atoms with E-state index in [1.165, 1.54) is 0 Å². The zero-order valence-corrected chi connectivity index (χ0v) is 19.8. The largest absolute Gasteiger partial charge is 0.379 e. The van der Waals surface area contributed by atoms with E-state index < -0.39 is 6.04 Å². The second-order valence-electron chi connectivity index (χ2n) is 10.3. The number of anilines is 1. The number of nitrogens with zero attached hydrogens (tertiary/aromatic N) is 4. The van der Waals surface area contributed by atoms with Gasteiger partial charge in [0.15, 0.2) is 0 Å². The quantitative estimate of drug-likeness (QED) is 0.613. The predicted molar refractivity (Wildman–Crippen MR) is 122 cm³/mol. The molecule has 0 radical (unpaired) electrons. The molecule has 0 spiro atoms. The van der Waals surface area contributed by atoms with E-state index in [1.807, 2.05) is 6.07 Å². The monoisotopic (exact) mass is 452 g/mol. The van der Waals surface area contributed by atoms with Crippen molar-refractivity contribution in [1.29, 1.82) is 5.26 Å². The van der Waals surface area contributed by atoms with Crippen molar-refractivity contribution in [3.05, 3.63) is 29.8 Å². The van der Waals surface area contributed by atoms with Gasteiger partial charge < -0.3 is 9.64 Å². The molecular weight excluding hydrogens is 420 g/mol. The van der Waals surface area contributed by atoms with Crippen LogP contribution >= 0.6 is 0 Å². The Hall–Kier alpha value is -2.76. The van der Waals surface area contributed by atoms with Crippen molar-refractivity contribution in [2.45, 2.75) is 40.2 Å². The maximum atomic E-state index is 13.7. The molecule has 4 rings (SSSR count). The smallest absolute Gasteiger partial charge is 0.257 e. The molecule has 8 heteroatoms. The average molecular weight is 453 g/mol. The number of ether oxygens (including phenoxy) is 1. The van der Waals surface area contributed by atoms with Gasteiger partial charge in [0.25, 0.3) is 5.91 Å². The van der Waals surface area contributed by atoms with E-state index in [2.05, 4.69) is 32.6 Å². The van der Waals surface area contributed by atoms with E-state index in [0.29, 0.717) is 37.6 Å². The molecule has 33 heavy (non-hydrogen) atoms. The Bertz CT molecular complexity index is 975. The summed E-state index contributed by atoms with van der Waals surface area (Å²) >= 11 is 0. The number of benzene rings is 1. The minimum atomic E-state index is -0.811. The molecule has 1 atom stereocenters. The van der Waals surface area contributed by atoms with Crippen LogP contribution in [0, 0.1) is 28.1 Å². The number of nitriles is 1. The van der Waals surface area contributed by atoms with E-state index in [4.69, 9.17) is 10.00 Å². The Morgan fingerprint density at radius 1 is 1.12 bits per heavy atom. The lowest BCUT2D eigenvalue weighted by Gasteiger charge is -2.33. The SMILES string of the molecule is CC1(C)C(C(=O)N(CCN2CCOCC2)C2CC(=O)N(c3ccc(C#N)cc3)C2=O)C1(C)C. The fourth-order valence-corrected chi connectivity index (χ4v) is 5.29. The fraction of sp³-hybridized carbons (Fsp3) is 0.600. The first-order valence-corrected chi connectivity index (χ1v) is 11.6. The second-order valence-corrected chi connectivity index (χ2v) is 10.3. The number of carbonyl (C=O) groups is 3. The maximum absolute atomic E-state index is 13.7. The zero-order chi connectivity index (χ0) is 24.0. The summed E-state index contributed by atoms with van der Waals surface area (Å²) in [4.78, 5) is 45.1. The lowest BCUT2D eigenvalue weighted by molar-refractivity contribution is -0.140. The second kappa shape index (κ2) is 8.54. The van der Waals surface area contributed by atoms with Crippen molar-refractivity contribution in [3.63, 3.8) is 0 Å². The summed E-state index contributed by atoms with van der Waals surface area (Å²) in [7, 11) is 0. The molecule has 8 nitrogen and oxygen atoms in total. The first kappa shape index (κ1) is 23.4. The molecule has 3 fully saturated rings. The van der Waals surface area contributed by atoms with Crippen molar-refractivity contribution in [2.75, 3.05) is 44.3 Å². The Morgan fingerprint density at radius 3 is 2.27 bits per heavy atom. The van der Waals surface area contributed by atoms with Gasteiger partial charge in [-0.3, -0.25) is 19.3 Å². The lowest BCUT2D eigenvalue weighted by Crippen LogP contribution is -2.50. The molecule has 1 saturated carbocycles. The number of morpholine rings is 1. The number of imide groups is 1. The van der Waals surface area contributed by atoms with E-state index in [9.17, 15) is 14.4 Å². The Kier molecular flexibility index (Phi) is 6.06. The van der Waals surface area contributed by atoms with Crippen molar-refractivity contribution in [3.8, 4) is 6.07 Å². The van der Waals surface area contributed by atoms with Crippen molar-refractivity contribution < 1.29 is 19.1 Å². The molecule has 1 aromatic carbocycles. The summed E-state index contributed by atoms with van der Waals surface area (Å²) in [6.45, 7) is 12.3. The summed E-state index contributed by atoms with van der Waals surface area (Å²) in [5.41, 5.74) is 0.550. The number of hydrogen-bond acceptors (Lipinski definition) is 6. The highest BCUT2D eigenvalue weighted by Crippen LogP contribution is 2.69. The van der Waals surface area contributed by atoms with Gasteiger partial charge in [-0.2, -0.15) is 5.26 Å². The number of hydrogen-bond donors (Lipinski definition) is 0. The summed E-state index contributed by atoms with van der Waals surface area (Å²) in [5.74, 6) is -0.947. The summed E-state index contributed by atoms with van der Waals surface area (Å²) < 4.78 is 5.42. The normalized spacial score (nSPS) is 24.6. The highest BCUT2D eigenvalue weighted by atomic mass is 16.5. The molecule has 1 aliphatic carbocycles. The third-order valence-corrected chi connectivity index (χ3v) is 8.07. The number of rotatable bonds is 6. The van der Waals surface area contributed by atoms with E-state index in [-0.39, 0.29) is 40.9 Å². The van der Waals surface area contributed by atoms with Crippen molar-refractivity contribution >= 4 is 23.4 Å². The molecular formula is C25H32N4O4. The van der Waals surface area contributed by atoms with E-state index in [0.717, 1.165) is 18.0 Å². The van der Waals surface area contributed by atoms with Crippen LogP contribution in [0.15, 0.2) is 24.3 Å². The third-order valence-electron chi connectivity index (χ3n) is 8.07. The Labute approximate surface area is 195 Å². The van der Waals surface area contributed by atoms with Gasteiger partial charge in [-0.25, -0.2) is 4.90 Å². The summed E-state index contributed by atoms with van der Waals surface area (Å²) in [5, 5.41) is 9.03. The van der Waals surface area contributed by atoms with Crippen LogP contribution in [0.25, 0.3) is 0 Å². The molecule has 2 heterocycles. The molecule has 2 saturated heterocycles. The average Bonchev–Trinajstić information content (AvgIpc) is 3.02. The minimum absolute atomic E-state index is 0.0265. The van der Waals surface area contributed by atoms with Crippen LogP contribution in [0.5, 0.6) is 0 Å². The van der Waals surface area contributed by atoms with Crippen LogP contribution < -0.4 is 4.90 Å². The van der Waals surface area contributed by atoms with Gasteiger partial charge in [0.2, 0.25) is 11.8 Å². The molecule has 3 amide bonds. The molecule has 0 aromatic heterocycles. The first-order chi connectivity index (χ1) is 15.6. The van der Waals surface area contributed by atoms with Crippen molar-refractivity contribution in [2.24, 2.45) is 16.7 Å². The lowest BCUT2D eigenvalue weighted by atomic mass is 10.0. The predicted octanol–water partition coefficient (Wildman–Crippen LogP) is 2.03. The summed E-state index contributed by atoms with van der Waals surface area (Å²) in [6.07, 6.45) is -0.0265. The maximum Gasteiger partial charge on any atom is 0.257 e. The van der Waals surface area contributed by atoms with Crippen LogP contribution in [0.2, 0.25) is 0 Å². The van der Waals surface area contributed by atoms with Gasteiger partial charge in [-0.05, 0) is 35.1 Å². The van der Waals surface area contributed by atoms with Crippen LogP contribution in [-0.2, 0) is 19.1 Å². The highest BCUT2D eigenvalue weighted by Gasteiger charge is 2.69.